The lowest BCUT2D eigenvalue weighted by atomic mass is 10.0. The molecule has 0 atom stereocenters. The third-order valence-electron chi connectivity index (χ3n) is 5.06. The largest absolute Gasteiger partial charge is 0.454 e. The van der Waals surface area contributed by atoms with Crippen molar-refractivity contribution in [1.82, 2.24) is 9.97 Å². The maximum Gasteiger partial charge on any atom is 0.260 e. The molecule has 4 rings (SSSR count). The Morgan fingerprint density at radius 3 is 2.50 bits per heavy atom. The van der Waals surface area contributed by atoms with E-state index < -0.39 is 33.1 Å². The number of ether oxygens (including phenoxy) is 1. The van der Waals surface area contributed by atoms with Gasteiger partial charge in [0.2, 0.25) is 21.9 Å². The highest BCUT2D eigenvalue weighted by molar-refractivity contribution is 7.92. The minimum Gasteiger partial charge on any atom is -0.454 e. The maximum absolute atomic E-state index is 14.3. The first-order chi connectivity index (χ1) is 17.0. The van der Waals surface area contributed by atoms with Crippen LogP contribution in [0, 0.1) is 11.6 Å². The number of anilines is 2. The van der Waals surface area contributed by atoms with E-state index in [1.165, 1.54) is 44.2 Å². The van der Waals surface area contributed by atoms with Gasteiger partial charge in [0.05, 0.1) is 16.7 Å². The molecule has 0 fully saturated rings. The number of sulfonamides is 1. The molecule has 1 heterocycles. The number of rotatable bonds is 7. The van der Waals surface area contributed by atoms with Crippen LogP contribution in [0.4, 0.5) is 20.4 Å². The number of H-pyrrole nitrogens is 1. The average molecular weight is 515 g/mol. The van der Waals surface area contributed by atoms with Crippen LogP contribution in [0.2, 0.25) is 0 Å². The van der Waals surface area contributed by atoms with Gasteiger partial charge in [0.25, 0.3) is 5.56 Å². The number of hydrogen-bond acceptors (Lipinski definition) is 6. The zero-order valence-electron chi connectivity index (χ0n) is 19.1. The first kappa shape index (κ1) is 24.8. The molecule has 3 N–H and O–H groups in total. The van der Waals surface area contributed by atoms with E-state index in [0.29, 0.717) is 17.2 Å². The second-order valence-electron chi connectivity index (χ2n) is 7.72. The molecule has 0 saturated heterocycles. The predicted octanol–water partition coefficient (Wildman–Crippen LogP) is 4.38. The highest BCUT2D eigenvalue weighted by Gasteiger charge is 2.16. The van der Waals surface area contributed by atoms with Crippen LogP contribution in [0.5, 0.6) is 11.5 Å². The Morgan fingerprint density at radius 1 is 1.06 bits per heavy atom. The minimum atomic E-state index is -3.60. The summed E-state index contributed by atoms with van der Waals surface area (Å²) in [5.74, 6) is -2.45. The van der Waals surface area contributed by atoms with Gasteiger partial charge in [-0.05, 0) is 55.0 Å². The van der Waals surface area contributed by atoms with Gasteiger partial charge in [-0.2, -0.15) is 0 Å². The Balaban J connectivity index is 1.86. The van der Waals surface area contributed by atoms with Crippen molar-refractivity contribution in [2.24, 2.45) is 0 Å². The van der Waals surface area contributed by atoms with Gasteiger partial charge in [0.15, 0.2) is 11.6 Å². The molecular formula is C24H20F2N4O5S. The van der Waals surface area contributed by atoms with E-state index in [1.54, 1.807) is 6.07 Å². The molecule has 1 aromatic heterocycles. The van der Waals surface area contributed by atoms with Crippen LogP contribution < -0.4 is 20.3 Å². The molecule has 12 heteroatoms. The zero-order chi connectivity index (χ0) is 26.0. The molecule has 0 saturated carbocycles. The molecule has 186 valence electrons. The van der Waals surface area contributed by atoms with Crippen LogP contribution in [0.25, 0.3) is 22.0 Å². The number of nitrogens with one attached hydrogen (secondary N) is 3. The van der Waals surface area contributed by atoms with Crippen molar-refractivity contribution in [1.29, 1.82) is 0 Å². The van der Waals surface area contributed by atoms with Gasteiger partial charge < -0.3 is 4.74 Å². The fourth-order valence-corrected chi connectivity index (χ4v) is 4.00. The molecule has 0 radical (unpaired) electrons. The Bertz CT molecular complexity index is 1650. The van der Waals surface area contributed by atoms with Gasteiger partial charge in [-0.1, -0.05) is 6.07 Å². The summed E-state index contributed by atoms with van der Waals surface area (Å²) < 4.78 is 60.0. The zero-order valence-corrected chi connectivity index (χ0v) is 19.9. The van der Waals surface area contributed by atoms with Crippen LogP contribution >= 0.6 is 0 Å². The summed E-state index contributed by atoms with van der Waals surface area (Å²) in [7, 11) is -3.60. The molecular weight excluding hydrogens is 494 g/mol. The number of carbonyl (C=O) groups excluding carboxylic acids is 1. The maximum atomic E-state index is 14.3. The minimum absolute atomic E-state index is 0.0496. The number of nitrogens with zero attached hydrogens (tertiary/aromatic N) is 1. The Kier molecular flexibility index (Phi) is 6.71. The van der Waals surface area contributed by atoms with Crippen LogP contribution in [0.15, 0.2) is 59.4 Å². The lowest BCUT2D eigenvalue weighted by Gasteiger charge is -2.15. The van der Waals surface area contributed by atoms with Gasteiger partial charge in [-0.15, -0.1) is 0 Å². The SMILES string of the molecule is CCS(=O)(=O)Nc1ccc(Oc2ccc(F)cc2F)c(-c2ccc3c(=O)[nH]c(NC(C)=O)nc3c2)c1. The Hall–Kier alpha value is -4.32. The fraction of sp³-hybridized carbons (Fsp3) is 0.125. The number of aromatic nitrogens is 2. The van der Waals surface area contributed by atoms with Crippen molar-refractivity contribution in [2.45, 2.75) is 13.8 Å². The van der Waals surface area contributed by atoms with Crippen LogP contribution in [0.1, 0.15) is 13.8 Å². The van der Waals surface area contributed by atoms with Gasteiger partial charge in [0, 0.05) is 24.2 Å². The topological polar surface area (TPSA) is 130 Å². The second-order valence-corrected chi connectivity index (χ2v) is 9.73. The molecule has 0 unspecified atom stereocenters. The number of amides is 1. The molecule has 0 aliphatic rings. The van der Waals surface area contributed by atoms with Crippen molar-refractivity contribution >= 4 is 38.5 Å². The summed E-state index contributed by atoms with van der Waals surface area (Å²) in [5.41, 5.74) is 0.754. The first-order valence-corrected chi connectivity index (χ1v) is 12.3. The number of benzene rings is 3. The number of aromatic amines is 1. The quantitative estimate of drug-likeness (QED) is 0.336. The Labute approximate surface area is 204 Å². The number of carbonyl (C=O) groups is 1. The standard InChI is InChI=1S/C24H20F2N4O5S/c1-3-36(33,34)30-16-6-9-21(35-22-8-5-15(25)11-19(22)26)18(12-16)14-4-7-17-20(10-14)28-24(27-13(2)31)29-23(17)32/h4-12,30H,3H2,1-2H3,(H2,27,28,29,31,32). The first-order valence-electron chi connectivity index (χ1n) is 10.6. The molecule has 3 aromatic carbocycles. The van der Waals surface area contributed by atoms with Crippen LogP contribution in [-0.4, -0.2) is 30.0 Å². The highest BCUT2D eigenvalue weighted by Crippen LogP contribution is 2.37. The van der Waals surface area contributed by atoms with E-state index in [9.17, 15) is 26.8 Å². The summed E-state index contributed by atoms with van der Waals surface area (Å²) in [6, 6.07) is 11.8. The van der Waals surface area contributed by atoms with Gasteiger partial charge >= 0.3 is 0 Å². The van der Waals surface area contributed by atoms with Crippen molar-refractivity contribution in [3.8, 4) is 22.6 Å². The second kappa shape index (κ2) is 9.74. The van der Waals surface area contributed by atoms with E-state index in [2.05, 4.69) is 20.0 Å². The third kappa shape index (κ3) is 5.49. The summed E-state index contributed by atoms with van der Waals surface area (Å²) in [6.07, 6.45) is 0. The van der Waals surface area contributed by atoms with Crippen molar-refractivity contribution in [2.75, 3.05) is 15.8 Å². The van der Waals surface area contributed by atoms with E-state index in [1.807, 2.05) is 0 Å². The summed E-state index contributed by atoms with van der Waals surface area (Å²) >= 11 is 0. The van der Waals surface area contributed by atoms with E-state index in [4.69, 9.17) is 4.74 Å². The average Bonchev–Trinajstić information content (AvgIpc) is 2.80. The molecule has 1 amide bonds. The molecule has 9 nitrogen and oxygen atoms in total. The Morgan fingerprint density at radius 2 is 1.81 bits per heavy atom. The van der Waals surface area contributed by atoms with Gasteiger partial charge in [-0.25, -0.2) is 22.2 Å². The third-order valence-corrected chi connectivity index (χ3v) is 6.37. The predicted molar refractivity (Wildman–Crippen MR) is 132 cm³/mol. The van der Waals surface area contributed by atoms with E-state index in [0.717, 1.165) is 12.1 Å². The number of halogens is 2. The normalized spacial score (nSPS) is 11.3. The van der Waals surface area contributed by atoms with Gasteiger partial charge in [-0.3, -0.25) is 24.6 Å². The monoisotopic (exact) mass is 514 g/mol. The summed E-state index contributed by atoms with van der Waals surface area (Å²) in [4.78, 5) is 30.5. The molecule has 4 aromatic rings. The molecule has 0 aliphatic heterocycles. The number of fused-ring (bicyclic) bond motifs is 1. The van der Waals surface area contributed by atoms with Crippen molar-refractivity contribution in [3.63, 3.8) is 0 Å². The van der Waals surface area contributed by atoms with Crippen LogP contribution in [0.3, 0.4) is 0 Å². The lowest BCUT2D eigenvalue weighted by molar-refractivity contribution is -0.114. The molecule has 0 bridgehead atoms. The summed E-state index contributed by atoms with van der Waals surface area (Å²) in [5, 5.41) is 2.65. The molecule has 0 aliphatic carbocycles. The molecule has 36 heavy (non-hydrogen) atoms. The highest BCUT2D eigenvalue weighted by atomic mass is 32.2. The van der Waals surface area contributed by atoms with E-state index in [-0.39, 0.29) is 39.8 Å². The molecule has 0 spiro atoms. The summed E-state index contributed by atoms with van der Waals surface area (Å²) in [6.45, 7) is 2.75. The van der Waals surface area contributed by atoms with Gasteiger partial charge in [0.1, 0.15) is 11.6 Å². The van der Waals surface area contributed by atoms with Crippen molar-refractivity contribution in [3.05, 3.63) is 76.6 Å². The van der Waals surface area contributed by atoms with Crippen LogP contribution in [-0.2, 0) is 14.8 Å². The van der Waals surface area contributed by atoms with E-state index >= 15 is 0 Å². The smallest absolute Gasteiger partial charge is 0.260 e. The number of hydrogen-bond donors (Lipinski definition) is 3. The fourth-order valence-electron chi connectivity index (χ4n) is 3.37. The lowest BCUT2D eigenvalue weighted by Crippen LogP contribution is -2.16. The van der Waals surface area contributed by atoms with Crippen molar-refractivity contribution < 1.29 is 26.7 Å².